The summed E-state index contributed by atoms with van der Waals surface area (Å²) in [6.07, 6.45) is 0.914. The van der Waals surface area contributed by atoms with Crippen LogP contribution in [0.2, 0.25) is 0 Å². The van der Waals surface area contributed by atoms with Gasteiger partial charge in [0.1, 0.15) is 23.9 Å². The third kappa shape index (κ3) is 7.50. The predicted octanol–water partition coefficient (Wildman–Crippen LogP) is 3.81. The number of amides is 1. The summed E-state index contributed by atoms with van der Waals surface area (Å²) >= 11 is 3.46. The summed E-state index contributed by atoms with van der Waals surface area (Å²) < 4.78 is 23.2. The lowest BCUT2D eigenvalue weighted by molar-refractivity contribution is -0.127. The Bertz CT molecular complexity index is 1260. The van der Waals surface area contributed by atoms with Gasteiger partial charge in [0.15, 0.2) is 5.54 Å². The highest BCUT2D eigenvalue weighted by molar-refractivity contribution is 9.10. The maximum absolute atomic E-state index is 13.6. The number of aliphatic hydroxyl groups excluding tert-OH is 1. The Hall–Kier alpha value is -3.60. The first kappa shape index (κ1) is 28.4. The number of methoxy groups -OCH3 is 2. The van der Waals surface area contributed by atoms with Gasteiger partial charge in [-0.2, -0.15) is 0 Å². The maximum atomic E-state index is 13.6. The number of hydrogen-bond donors (Lipinski definition) is 3. The number of nitrogens with zero attached hydrogens (tertiary/aromatic N) is 1. The quantitative estimate of drug-likeness (QED) is 0.203. The van der Waals surface area contributed by atoms with Crippen molar-refractivity contribution in [1.82, 2.24) is 10.9 Å². The van der Waals surface area contributed by atoms with Crippen LogP contribution in [0.15, 0.2) is 76.2 Å². The van der Waals surface area contributed by atoms with Crippen molar-refractivity contribution in [2.45, 2.75) is 24.9 Å². The molecule has 0 spiro atoms. The summed E-state index contributed by atoms with van der Waals surface area (Å²) in [4.78, 5) is 18.4. The number of carbonyl (C=O) groups is 1. The molecule has 39 heavy (non-hydrogen) atoms. The van der Waals surface area contributed by atoms with Crippen LogP contribution in [0.3, 0.4) is 0 Å². The number of hydrazine groups is 1. The third-order valence-corrected chi connectivity index (χ3v) is 6.70. The van der Waals surface area contributed by atoms with E-state index >= 15 is 0 Å². The zero-order valence-corrected chi connectivity index (χ0v) is 23.5. The fourth-order valence-corrected chi connectivity index (χ4v) is 4.35. The molecule has 3 aromatic rings. The summed E-state index contributed by atoms with van der Waals surface area (Å²) in [5, 5.41) is 8.94. The average molecular weight is 598 g/mol. The van der Waals surface area contributed by atoms with Crippen LogP contribution in [0.4, 0.5) is 0 Å². The highest BCUT2D eigenvalue weighted by Gasteiger charge is 2.44. The molecule has 10 heteroatoms. The molecule has 0 saturated heterocycles. The van der Waals surface area contributed by atoms with E-state index in [0.29, 0.717) is 49.1 Å². The topological polar surface area (TPSA) is 111 Å². The molecule has 9 nitrogen and oxygen atoms in total. The zero-order chi connectivity index (χ0) is 27.7. The first-order chi connectivity index (χ1) is 18.9. The minimum atomic E-state index is -1.17. The molecule has 0 bridgehead atoms. The Kier molecular flexibility index (Phi) is 9.80. The van der Waals surface area contributed by atoms with Crippen LogP contribution < -0.4 is 25.1 Å². The van der Waals surface area contributed by atoms with Crippen LogP contribution in [0, 0.1) is 0 Å². The van der Waals surface area contributed by atoms with E-state index in [1.165, 1.54) is 0 Å². The molecule has 0 fully saturated rings. The molecule has 0 aliphatic carbocycles. The molecule has 1 aliphatic rings. The molecule has 3 aromatic carbocycles. The standard InChI is InChI=1S/C29H32BrN3O6/c1-36-25-14-21(15-26(16-25)37-2)18-31-33-28(35)29(17-20-4-8-23(30)9-5-20)19-39-27(32-29)22-6-10-24(11-7-22)38-13-3-12-34/h4-11,14-16,31,34H,3,12-13,17-19H2,1-2H3,(H,33,35)/t29-/m0/s1. The normalized spacial score (nSPS) is 16.3. The Morgan fingerprint density at radius 1 is 1.00 bits per heavy atom. The van der Waals surface area contributed by atoms with Crippen molar-refractivity contribution in [3.05, 3.63) is 87.9 Å². The van der Waals surface area contributed by atoms with E-state index in [0.717, 1.165) is 21.2 Å². The highest BCUT2D eigenvalue weighted by Crippen LogP contribution is 2.28. The minimum absolute atomic E-state index is 0.0772. The molecular formula is C29H32BrN3O6. The van der Waals surface area contributed by atoms with Crippen molar-refractivity contribution >= 4 is 27.7 Å². The van der Waals surface area contributed by atoms with Crippen LogP contribution in [0.1, 0.15) is 23.1 Å². The van der Waals surface area contributed by atoms with Gasteiger partial charge in [0.05, 0.1) is 20.8 Å². The molecule has 1 amide bonds. The first-order valence-corrected chi connectivity index (χ1v) is 13.3. The van der Waals surface area contributed by atoms with Gasteiger partial charge in [-0.05, 0) is 59.7 Å². The highest BCUT2D eigenvalue weighted by atomic mass is 79.9. The largest absolute Gasteiger partial charge is 0.497 e. The van der Waals surface area contributed by atoms with Gasteiger partial charge in [-0.15, -0.1) is 0 Å². The number of benzene rings is 3. The van der Waals surface area contributed by atoms with Crippen LogP contribution >= 0.6 is 15.9 Å². The van der Waals surface area contributed by atoms with Gasteiger partial charge in [0.25, 0.3) is 5.91 Å². The summed E-state index contributed by atoms with van der Waals surface area (Å²) in [7, 11) is 3.18. The lowest BCUT2D eigenvalue weighted by Crippen LogP contribution is -2.52. The molecule has 0 radical (unpaired) electrons. The summed E-state index contributed by atoms with van der Waals surface area (Å²) in [6, 6.07) is 20.6. The number of hydrogen-bond acceptors (Lipinski definition) is 8. The maximum Gasteiger partial charge on any atom is 0.266 e. The molecule has 1 aliphatic heterocycles. The van der Waals surface area contributed by atoms with Crippen LogP contribution in [-0.2, 0) is 22.5 Å². The van der Waals surface area contributed by atoms with E-state index in [9.17, 15) is 4.79 Å². The SMILES string of the molecule is COc1cc(CNNC(=O)[C@]2(Cc3ccc(Br)cc3)COC(c3ccc(OCCCO)cc3)=N2)cc(OC)c1. The smallest absolute Gasteiger partial charge is 0.266 e. The Labute approximate surface area is 236 Å². The van der Waals surface area contributed by atoms with Crippen LogP contribution in [-0.4, -0.2) is 56.5 Å². The molecule has 1 atom stereocenters. The second-order valence-electron chi connectivity index (χ2n) is 9.02. The molecule has 0 aromatic heterocycles. The Morgan fingerprint density at radius 3 is 2.33 bits per heavy atom. The number of aliphatic hydroxyl groups is 1. The first-order valence-electron chi connectivity index (χ1n) is 12.5. The van der Waals surface area contributed by atoms with Gasteiger partial charge in [-0.1, -0.05) is 28.1 Å². The fourth-order valence-electron chi connectivity index (χ4n) is 4.08. The zero-order valence-electron chi connectivity index (χ0n) is 21.9. The number of nitrogens with one attached hydrogen (secondary N) is 2. The minimum Gasteiger partial charge on any atom is -0.497 e. The van der Waals surface area contributed by atoms with Crippen molar-refractivity contribution in [1.29, 1.82) is 0 Å². The average Bonchev–Trinajstić information content (AvgIpc) is 3.39. The number of halogens is 1. The lowest BCUT2D eigenvalue weighted by Gasteiger charge is -2.23. The van der Waals surface area contributed by atoms with E-state index < -0.39 is 5.54 Å². The van der Waals surface area contributed by atoms with Gasteiger partial charge < -0.3 is 24.1 Å². The van der Waals surface area contributed by atoms with Gasteiger partial charge in [0, 0.05) is 42.1 Å². The second kappa shape index (κ2) is 13.5. The number of ether oxygens (including phenoxy) is 4. The van der Waals surface area contributed by atoms with E-state index in [4.69, 9.17) is 29.0 Å². The van der Waals surface area contributed by atoms with Gasteiger partial charge in [0.2, 0.25) is 5.90 Å². The molecule has 3 N–H and O–H groups in total. The predicted molar refractivity (Wildman–Crippen MR) is 151 cm³/mol. The van der Waals surface area contributed by atoms with Gasteiger partial charge >= 0.3 is 0 Å². The van der Waals surface area contributed by atoms with Gasteiger partial charge in [-0.3, -0.25) is 10.2 Å². The number of aliphatic imine (C=N–C) groups is 1. The number of carbonyl (C=O) groups excluding carboxylic acids is 1. The van der Waals surface area contributed by atoms with Crippen molar-refractivity contribution in [3.63, 3.8) is 0 Å². The number of rotatable bonds is 13. The Morgan fingerprint density at radius 2 is 1.69 bits per heavy atom. The van der Waals surface area contributed by atoms with Crippen molar-refractivity contribution < 1.29 is 28.8 Å². The van der Waals surface area contributed by atoms with Gasteiger partial charge in [-0.25, -0.2) is 10.4 Å². The molecule has 206 valence electrons. The summed E-state index contributed by atoms with van der Waals surface area (Å²) in [5.41, 5.74) is 7.23. The van der Waals surface area contributed by atoms with Crippen molar-refractivity contribution in [2.24, 2.45) is 4.99 Å². The second-order valence-corrected chi connectivity index (χ2v) is 9.93. The van der Waals surface area contributed by atoms with E-state index in [1.807, 2.05) is 60.7 Å². The van der Waals surface area contributed by atoms with Crippen molar-refractivity contribution in [2.75, 3.05) is 34.0 Å². The van der Waals surface area contributed by atoms with Crippen LogP contribution in [0.5, 0.6) is 17.2 Å². The lowest BCUT2D eigenvalue weighted by atomic mass is 9.91. The molecule has 1 heterocycles. The van der Waals surface area contributed by atoms with Crippen molar-refractivity contribution in [3.8, 4) is 17.2 Å². The summed E-state index contributed by atoms with van der Waals surface area (Å²) in [6.45, 7) is 0.948. The Balaban J connectivity index is 1.51. The van der Waals surface area contributed by atoms with Crippen LogP contribution in [0.25, 0.3) is 0 Å². The summed E-state index contributed by atoms with van der Waals surface area (Å²) in [5.74, 6) is 2.09. The molecule has 0 unspecified atom stereocenters. The fraction of sp³-hybridized carbons (Fsp3) is 0.310. The van der Waals surface area contributed by atoms with E-state index in [2.05, 4.69) is 26.8 Å². The van der Waals surface area contributed by atoms with E-state index in [1.54, 1.807) is 20.3 Å². The van der Waals surface area contributed by atoms with E-state index in [-0.39, 0.29) is 19.1 Å². The molecular weight excluding hydrogens is 566 g/mol. The third-order valence-electron chi connectivity index (χ3n) is 6.17. The molecule has 4 rings (SSSR count). The molecule has 0 saturated carbocycles. The monoisotopic (exact) mass is 597 g/mol.